The van der Waals surface area contributed by atoms with E-state index in [1.165, 1.54) is 17.5 Å². The van der Waals surface area contributed by atoms with Gasteiger partial charge in [0.05, 0.1) is 0 Å². The molecule has 4 nitrogen and oxygen atoms in total. The summed E-state index contributed by atoms with van der Waals surface area (Å²) in [5, 5.41) is 3.36. The third-order valence-corrected chi connectivity index (χ3v) is 4.69. The first-order valence-electron chi connectivity index (χ1n) is 6.86. The largest absolute Gasteiger partial charge is 0.345 e. The number of piperidine rings is 1. The number of nitrogens with zero attached hydrogens (tertiary/aromatic N) is 1. The Labute approximate surface area is 135 Å². The third-order valence-electron chi connectivity index (χ3n) is 3.52. The monoisotopic (exact) mass is 321 g/mol. The van der Waals surface area contributed by atoms with Crippen LogP contribution < -0.4 is 10.0 Å². The summed E-state index contributed by atoms with van der Waals surface area (Å²) in [6.45, 7) is 5.27. The van der Waals surface area contributed by atoms with Gasteiger partial charge in [-0.15, -0.1) is 0 Å². The number of nitrogens with one attached hydrogen (secondary N) is 2. The Morgan fingerprint density at radius 2 is 2.00 bits per heavy atom. The highest BCUT2D eigenvalue weighted by molar-refractivity contribution is 7.99. The molecule has 0 saturated carbocycles. The predicted molar refractivity (Wildman–Crippen MR) is 91.0 cm³/mol. The molecule has 0 aliphatic carbocycles. The molecule has 1 aliphatic heterocycles. The zero-order valence-corrected chi connectivity index (χ0v) is 13.4. The van der Waals surface area contributed by atoms with Crippen LogP contribution in [0, 0.1) is 0 Å². The molecule has 0 spiro atoms. The first kappa shape index (κ1) is 15.9. The van der Waals surface area contributed by atoms with Crippen molar-refractivity contribution in [1.29, 1.82) is 0 Å². The molecule has 21 heavy (non-hydrogen) atoms. The minimum absolute atomic E-state index is 0.542. The second kappa shape index (κ2) is 8.05. The van der Waals surface area contributed by atoms with Crippen LogP contribution in [0.4, 0.5) is 0 Å². The van der Waals surface area contributed by atoms with Crippen LogP contribution in [0.25, 0.3) is 0 Å². The van der Waals surface area contributed by atoms with E-state index in [-0.39, 0.29) is 0 Å². The Morgan fingerprint density at radius 1 is 1.33 bits per heavy atom. The van der Waals surface area contributed by atoms with Gasteiger partial charge < -0.3 is 14.9 Å². The normalized spacial score (nSPS) is 15.3. The Morgan fingerprint density at radius 3 is 2.57 bits per heavy atom. The standard InChI is InChI=1S/C15H19N3OS2/c1-2-16-15(20)17-21-14-5-3-12(4-6-14)13-7-9-18(11-19)10-8-13/h2-6,11,13H,1,7-10H2,(H2,16,17,20). The lowest BCUT2D eigenvalue weighted by molar-refractivity contribution is -0.119. The SMILES string of the molecule is C=CNC(=S)NSc1ccc(C2CCN(C=O)CC2)cc1. The van der Waals surface area contributed by atoms with E-state index in [9.17, 15) is 4.79 Å². The molecular weight excluding hydrogens is 302 g/mol. The van der Waals surface area contributed by atoms with Gasteiger partial charge in [-0.2, -0.15) is 0 Å². The number of carbonyl (C=O) groups excluding carboxylic acids is 1. The summed E-state index contributed by atoms with van der Waals surface area (Å²) in [5.41, 5.74) is 1.34. The highest BCUT2D eigenvalue weighted by Gasteiger charge is 2.19. The van der Waals surface area contributed by atoms with Gasteiger partial charge in [0, 0.05) is 18.0 Å². The van der Waals surface area contributed by atoms with E-state index in [0.717, 1.165) is 37.2 Å². The Kier molecular flexibility index (Phi) is 6.07. The lowest BCUT2D eigenvalue weighted by Crippen LogP contribution is -2.31. The average molecular weight is 321 g/mol. The number of likely N-dealkylation sites (tertiary alicyclic amines) is 1. The molecular formula is C15H19N3OS2. The van der Waals surface area contributed by atoms with Crippen molar-refractivity contribution in [2.24, 2.45) is 0 Å². The maximum atomic E-state index is 10.7. The second-order valence-corrected chi connectivity index (χ2v) is 6.15. The van der Waals surface area contributed by atoms with Crippen LogP contribution in [-0.2, 0) is 4.79 Å². The summed E-state index contributed by atoms with van der Waals surface area (Å²) < 4.78 is 3.03. The zero-order chi connectivity index (χ0) is 15.1. The second-order valence-electron chi connectivity index (χ2n) is 4.87. The van der Waals surface area contributed by atoms with Crippen molar-refractivity contribution in [2.75, 3.05) is 13.1 Å². The summed E-state index contributed by atoms with van der Waals surface area (Å²) in [6, 6.07) is 8.51. The fourth-order valence-corrected chi connectivity index (χ4v) is 3.12. The third kappa shape index (κ3) is 4.75. The molecule has 1 saturated heterocycles. The number of carbonyl (C=O) groups is 1. The molecule has 112 valence electrons. The van der Waals surface area contributed by atoms with Crippen molar-refractivity contribution in [3.05, 3.63) is 42.6 Å². The van der Waals surface area contributed by atoms with Gasteiger partial charge in [0.15, 0.2) is 5.11 Å². The molecule has 2 rings (SSSR count). The van der Waals surface area contributed by atoms with Crippen molar-refractivity contribution in [1.82, 2.24) is 14.9 Å². The fourth-order valence-electron chi connectivity index (χ4n) is 2.37. The smallest absolute Gasteiger partial charge is 0.209 e. The van der Waals surface area contributed by atoms with Crippen molar-refractivity contribution in [3.8, 4) is 0 Å². The Hall–Kier alpha value is -1.53. The Bertz CT molecular complexity index is 496. The molecule has 0 radical (unpaired) electrons. The van der Waals surface area contributed by atoms with Gasteiger partial charge in [-0.25, -0.2) is 0 Å². The van der Waals surface area contributed by atoms with Gasteiger partial charge in [0.1, 0.15) is 0 Å². The van der Waals surface area contributed by atoms with Gasteiger partial charge in [0.2, 0.25) is 6.41 Å². The summed E-state index contributed by atoms with van der Waals surface area (Å²) >= 11 is 6.53. The molecule has 0 aromatic heterocycles. The van der Waals surface area contributed by atoms with Gasteiger partial charge in [-0.1, -0.05) is 18.7 Å². The predicted octanol–water partition coefficient (Wildman–Crippen LogP) is 2.64. The highest BCUT2D eigenvalue weighted by Crippen LogP contribution is 2.28. The highest BCUT2D eigenvalue weighted by atomic mass is 32.2. The van der Waals surface area contributed by atoms with Gasteiger partial charge >= 0.3 is 0 Å². The number of amides is 1. The van der Waals surface area contributed by atoms with Gasteiger partial charge in [-0.3, -0.25) is 4.79 Å². The summed E-state index contributed by atoms with van der Waals surface area (Å²) in [4.78, 5) is 13.7. The maximum absolute atomic E-state index is 10.7. The average Bonchev–Trinajstić information content (AvgIpc) is 2.54. The maximum Gasteiger partial charge on any atom is 0.209 e. The molecule has 1 aliphatic rings. The van der Waals surface area contributed by atoms with E-state index < -0.39 is 0 Å². The molecule has 2 N–H and O–H groups in total. The lowest BCUT2D eigenvalue weighted by atomic mass is 9.90. The van der Waals surface area contributed by atoms with Crippen LogP contribution in [-0.4, -0.2) is 29.5 Å². The summed E-state index contributed by atoms with van der Waals surface area (Å²) in [6.07, 6.45) is 4.57. The number of thiocarbonyl (C=S) groups is 1. The van der Waals surface area contributed by atoms with Crippen LogP contribution >= 0.6 is 24.2 Å². The first-order valence-corrected chi connectivity index (χ1v) is 8.09. The van der Waals surface area contributed by atoms with Crippen LogP contribution in [0.5, 0.6) is 0 Å². The summed E-state index contributed by atoms with van der Waals surface area (Å²) in [7, 11) is 0. The molecule has 1 heterocycles. The minimum atomic E-state index is 0.542. The van der Waals surface area contributed by atoms with Crippen LogP contribution in [0.15, 0.2) is 41.9 Å². The Balaban J connectivity index is 1.86. The first-order chi connectivity index (χ1) is 10.2. The molecule has 6 heteroatoms. The van der Waals surface area contributed by atoms with E-state index in [1.807, 2.05) is 4.90 Å². The number of hydrogen-bond acceptors (Lipinski definition) is 3. The van der Waals surface area contributed by atoms with E-state index in [0.29, 0.717) is 11.0 Å². The van der Waals surface area contributed by atoms with Crippen molar-refractivity contribution >= 4 is 35.7 Å². The topological polar surface area (TPSA) is 44.4 Å². The van der Waals surface area contributed by atoms with Crippen molar-refractivity contribution < 1.29 is 4.79 Å². The summed E-state index contributed by atoms with van der Waals surface area (Å²) in [5.74, 6) is 0.553. The molecule has 1 fully saturated rings. The van der Waals surface area contributed by atoms with Crippen molar-refractivity contribution in [2.45, 2.75) is 23.7 Å². The van der Waals surface area contributed by atoms with Gasteiger partial charge in [0.25, 0.3) is 0 Å². The van der Waals surface area contributed by atoms with E-state index in [4.69, 9.17) is 12.2 Å². The van der Waals surface area contributed by atoms with E-state index in [1.54, 1.807) is 6.20 Å². The molecule has 0 unspecified atom stereocenters. The molecule has 0 atom stereocenters. The zero-order valence-electron chi connectivity index (χ0n) is 11.7. The quantitative estimate of drug-likeness (QED) is 0.496. The molecule has 0 bridgehead atoms. The number of benzene rings is 1. The minimum Gasteiger partial charge on any atom is -0.345 e. The van der Waals surface area contributed by atoms with E-state index >= 15 is 0 Å². The molecule has 1 amide bonds. The number of hydrogen-bond donors (Lipinski definition) is 2. The molecule has 1 aromatic rings. The van der Waals surface area contributed by atoms with Crippen LogP contribution in [0.3, 0.4) is 0 Å². The van der Waals surface area contributed by atoms with Crippen molar-refractivity contribution in [3.63, 3.8) is 0 Å². The molecule has 1 aromatic carbocycles. The van der Waals surface area contributed by atoms with Gasteiger partial charge in [-0.05, 0) is 66.8 Å². The van der Waals surface area contributed by atoms with Crippen LogP contribution in [0.1, 0.15) is 24.3 Å². The van der Waals surface area contributed by atoms with E-state index in [2.05, 4.69) is 40.9 Å². The lowest BCUT2D eigenvalue weighted by Gasteiger charge is -2.29. The van der Waals surface area contributed by atoms with Crippen LogP contribution in [0.2, 0.25) is 0 Å². The number of rotatable bonds is 5. The fraction of sp³-hybridized carbons (Fsp3) is 0.333.